The first kappa shape index (κ1) is 18.4. The Morgan fingerprint density at radius 2 is 2.10 bits per heavy atom. The molecule has 0 spiro atoms. The molecule has 3 aromatic rings. The molecule has 7 heteroatoms. The Balaban J connectivity index is 1.39. The molecule has 1 aliphatic carbocycles. The average molecular weight is 425 g/mol. The van der Waals surface area contributed by atoms with Gasteiger partial charge in [-0.05, 0) is 59.9 Å². The topological polar surface area (TPSA) is 67.4 Å². The van der Waals surface area contributed by atoms with E-state index in [2.05, 4.69) is 17.6 Å². The van der Waals surface area contributed by atoms with Gasteiger partial charge in [-0.1, -0.05) is 25.1 Å². The van der Waals surface area contributed by atoms with Crippen molar-refractivity contribution in [3.63, 3.8) is 0 Å². The fourth-order valence-corrected chi connectivity index (χ4v) is 5.97. The van der Waals surface area contributed by atoms with Crippen LogP contribution in [0.1, 0.15) is 55.5 Å². The molecule has 2 N–H and O–H groups in total. The van der Waals surface area contributed by atoms with Crippen molar-refractivity contribution >= 4 is 39.6 Å². The molecule has 5 nitrogen and oxygen atoms in total. The van der Waals surface area contributed by atoms with Crippen LogP contribution in [0.2, 0.25) is 0 Å². The fourth-order valence-electron chi connectivity index (χ4n) is 3.94. The molecule has 0 fully saturated rings. The van der Waals surface area contributed by atoms with Crippen LogP contribution in [-0.4, -0.2) is 11.9 Å². The van der Waals surface area contributed by atoms with Gasteiger partial charge in [0.05, 0.1) is 5.56 Å². The second kappa shape index (κ2) is 7.31. The lowest BCUT2D eigenvalue weighted by Gasteiger charge is -2.27. The maximum absolute atomic E-state index is 12.9. The minimum Gasteiger partial charge on any atom is -0.422 e. The minimum absolute atomic E-state index is 0.0308. The maximum atomic E-state index is 12.9. The van der Waals surface area contributed by atoms with Gasteiger partial charge in [-0.15, -0.1) is 22.7 Å². The van der Waals surface area contributed by atoms with E-state index in [9.17, 15) is 9.59 Å². The van der Waals surface area contributed by atoms with Crippen LogP contribution in [0.25, 0.3) is 0 Å². The van der Waals surface area contributed by atoms with Crippen LogP contribution in [0.15, 0.2) is 41.8 Å². The van der Waals surface area contributed by atoms with Crippen molar-refractivity contribution in [3.05, 3.63) is 68.2 Å². The monoisotopic (exact) mass is 424 g/mol. The molecule has 1 aromatic carbocycles. The highest BCUT2D eigenvalue weighted by atomic mass is 32.1. The lowest BCUT2D eigenvalue weighted by Crippen LogP contribution is -2.38. The van der Waals surface area contributed by atoms with Gasteiger partial charge in [0.25, 0.3) is 5.91 Å². The molecule has 0 bridgehead atoms. The predicted molar refractivity (Wildman–Crippen MR) is 115 cm³/mol. The summed E-state index contributed by atoms with van der Waals surface area (Å²) in [5.74, 6) is 0.718. The van der Waals surface area contributed by atoms with Gasteiger partial charge >= 0.3 is 5.97 Å². The molecule has 2 aromatic heterocycles. The Hall–Kier alpha value is -2.64. The smallest absolute Gasteiger partial charge is 0.353 e. The third kappa shape index (κ3) is 3.45. The first-order valence-electron chi connectivity index (χ1n) is 9.66. The lowest BCUT2D eigenvalue weighted by atomic mass is 9.88. The van der Waals surface area contributed by atoms with Gasteiger partial charge in [0.2, 0.25) is 0 Å². The van der Waals surface area contributed by atoms with Crippen LogP contribution in [0.3, 0.4) is 0 Å². The fraction of sp³-hybridized carbons (Fsp3) is 0.273. The summed E-state index contributed by atoms with van der Waals surface area (Å²) in [5, 5.41) is 9.32. The van der Waals surface area contributed by atoms with Crippen molar-refractivity contribution in [2.75, 3.05) is 5.32 Å². The van der Waals surface area contributed by atoms with Gasteiger partial charge in [0.1, 0.15) is 21.8 Å². The summed E-state index contributed by atoms with van der Waals surface area (Å²) in [6.45, 7) is 2.26. The Labute approximate surface area is 176 Å². The Morgan fingerprint density at radius 1 is 1.21 bits per heavy atom. The molecule has 5 rings (SSSR count). The largest absolute Gasteiger partial charge is 0.422 e. The van der Waals surface area contributed by atoms with Crippen molar-refractivity contribution < 1.29 is 14.3 Å². The van der Waals surface area contributed by atoms with Gasteiger partial charge in [-0.25, -0.2) is 4.79 Å². The highest BCUT2D eigenvalue weighted by molar-refractivity contribution is 7.16. The van der Waals surface area contributed by atoms with Gasteiger partial charge in [-0.2, -0.15) is 0 Å². The zero-order valence-corrected chi connectivity index (χ0v) is 17.5. The van der Waals surface area contributed by atoms with Gasteiger partial charge in [-0.3, -0.25) is 4.79 Å². The molecular weight excluding hydrogens is 404 g/mol. The third-order valence-electron chi connectivity index (χ3n) is 5.41. The molecule has 0 radical (unpaired) electrons. The molecule has 2 unspecified atom stereocenters. The number of anilines is 1. The number of ether oxygens (including phenoxy) is 1. The van der Waals surface area contributed by atoms with Crippen LogP contribution in [0.4, 0.5) is 5.00 Å². The summed E-state index contributed by atoms with van der Waals surface area (Å²) >= 11 is 3.05. The van der Waals surface area contributed by atoms with E-state index in [1.54, 1.807) is 29.5 Å². The van der Waals surface area contributed by atoms with Crippen molar-refractivity contribution in [2.24, 2.45) is 5.92 Å². The zero-order valence-electron chi connectivity index (χ0n) is 15.9. The molecule has 29 heavy (non-hydrogen) atoms. The van der Waals surface area contributed by atoms with E-state index in [1.807, 2.05) is 23.6 Å². The number of rotatable bonds is 3. The summed E-state index contributed by atoms with van der Waals surface area (Å²) < 4.78 is 5.50. The minimum atomic E-state index is -0.375. The summed E-state index contributed by atoms with van der Waals surface area (Å²) in [4.78, 5) is 27.0. The number of benzene rings is 1. The van der Waals surface area contributed by atoms with Crippen LogP contribution in [0.5, 0.6) is 5.75 Å². The van der Waals surface area contributed by atoms with Gasteiger partial charge in [0, 0.05) is 4.88 Å². The van der Waals surface area contributed by atoms with Gasteiger partial charge in [0.15, 0.2) is 0 Å². The molecule has 2 aliphatic rings. The van der Waals surface area contributed by atoms with E-state index in [-0.39, 0.29) is 18.0 Å². The van der Waals surface area contributed by atoms with E-state index < -0.39 is 0 Å². The van der Waals surface area contributed by atoms with Crippen LogP contribution < -0.4 is 15.4 Å². The van der Waals surface area contributed by atoms with E-state index in [0.717, 1.165) is 35.4 Å². The molecule has 0 saturated heterocycles. The molecule has 2 atom stereocenters. The highest BCUT2D eigenvalue weighted by Gasteiger charge is 2.33. The van der Waals surface area contributed by atoms with E-state index in [0.29, 0.717) is 16.5 Å². The van der Waals surface area contributed by atoms with E-state index in [1.165, 1.54) is 21.8 Å². The van der Waals surface area contributed by atoms with Gasteiger partial charge < -0.3 is 15.4 Å². The number of nitrogens with one attached hydrogen (secondary N) is 2. The zero-order chi connectivity index (χ0) is 20.0. The third-order valence-corrected chi connectivity index (χ3v) is 7.45. The number of carbonyl (C=O) groups is 2. The standard InChI is InChI=1S/C22H20N2O3S2/c1-12-7-8-15-17(10-12)29-21-18(15)20(25)23-19(24-21)13-4-2-5-14(11-13)27-22(26)16-6-3-9-28-16/h2-6,9,11-12,19,24H,7-8,10H2,1H3,(H,23,25). The molecule has 0 saturated carbocycles. The number of carbonyl (C=O) groups excluding carboxylic acids is 2. The lowest BCUT2D eigenvalue weighted by molar-refractivity contribution is 0.0739. The molecular formula is C22H20N2O3S2. The summed E-state index contributed by atoms with van der Waals surface area (Å²) in [6.07, 6.45) is 2.79. The normalized spacial score (nSPS) is 20.2. The van der Waals surface area contributed by atoms with Crippen LogP contribution >= 0.6 is 22.7 Å². The highest BCUT2D eigenvalue weighted by Crippen LogP contribution is 2.42. The number of esters is 1. The van der Waals surface area contributed by atoms with Crippen molar-refractivity contribution in [1.82, 2.24) is 5.32 Å². The molecule has 3 heterocycles. The number of amides is 1. The average Bonchev–Trinajstić information content (AvgIpc) is 3.35. The first-order chi connectivity index (χ1) is 14.1. The summed E-state index contributed by atoms with van der Waals surface area (Å²) in [5.41, 5.74) is 2.87. The number of hydrogen-bond acceptors (Lipinski definition) is 6. The Morgan fingerprint density at radius 3 is 2.93 bits per heavy atom. The number of fused-ring (bicyclic) bond motifs is 3. The van der Waals surface area contributed by atoms with Crippen molar-refractivity contribution in [2.45, 2.75) is 32.4 Å². The second-order valence-electron chi connectivity index (χ2n) is 7.55. The molecule has 1 amide bonds. The number of thiophene rings is 2. The Bertz CT molecular complexity index is 1090. The summed E-state index contributed by atoms with van der Waals surface area (Å²) in [6, 6.07) is 10.8. The van der Waals surface area contributed by atoms with E-state index in [4.69, 9.17) is 4.74 Å². The number of hydrogen-bond donors (Lipinski definition) is 2. The van der Waals surface area contributed by atoms with Crippen LogP contribution in [0, 0.1) is 5.92 Å². The van der Waals surface area contributed by atoms with Crippen molar-refractivity contribution in [1.29, 1.82) is 0 Å². The molecule has 1 aliphatic heterocycles. The quantitative estimate of drug-likeness (QED) is 0.458. The van der Waals surface area contributed by atoms with E-state index >= 15 is 0 Å². The first-order valence-corrected chi connectivity index (χ1v) is 11.4. The Kier molecular flexibility index (Phi) is 4.64. The predicted octanol–water partition coefficient (Wildman–Crippen LogP) is 5.01. The molecule has 148 valence electrons. The summed E-state index contributed by atoms with van der Waals surface area (Å²) in [7, 11) is 0. The van der Waals surface area contributed by atoms with Crippen molar-refractivity contribution in [3.8, 4) is 5.75 Å². The SMILES string of the molecule is CC1CCc2c(sc3c2C(=O)NC(c2cccc(OC(=O)c4cccs4)c2)N3)C1. The van der Waals surface area contributed by atoms with Crippen LogP contribution in [-0.2, 0) is 12.8 Å². The second-order valence-corrected chi connectivity index (χ2v) is 9.60. The maximum Gasteiger partial charge on any atom is 0.353 e.